The van der Waals surface area contributed by atoms with Crippen LogP contribution >= 0.6 is 0 Å². The van der Waals surface area contributed by atoms with Crippen LogP contribution in [0.4, 0.5) is 0 Å². The summed E-state index contributed by atoms with van der Waals surface area (Å²) in [6.45, 7) is 8.70. The molecule has 1 amide bonds. The van der Waals surface area contributed by atoms with Crippen molar-refractivity contribution in [3.63, 3.8) is 0 Å². The fourth-order valence-electron chi connectivity index (χ4n) is 3.23. The van der Waals surface area contributed by atoms with Gasteiger partial charge in [-0.25, -0.2) is 0 Å². The van der Waals surface area contributed by atoms with Crippen molar-refractivity contribution in [3.8, 4) is 0 Å². The van der Waals surface area contributed by atoms with Crippen molar-refractivity contribution in [1.29, 1.82) is 0 Å². The summed E-state index contributed by atoms with van der Waals surface area (Å²) < 4.78 is 5.79. The lowest BCUT2D eigenvalue weighted by atomic mass is 10.1. The zero-order valence-corrected chi connectivity index (χ0v) is 14.5. The molecule has 128 valence electrons. The number of nitrogens with zero attached hydrogens (tertiary/aromatic N) is 1. The van der Waals surface area contributed by atoms with Gasteiger partial charge in [-0.3, -0.25) is 9.69 Å². The number of carbonyl (C=O) groups is 1. The van der Waals surface area contributed by atoms with Crippen LogP contribution in [0.1, 0.15) is 24.2 Å². The molecule has 1 aliphatic rings. The number of rotatable bonds is 5. The molecule has 24 heavy (non-hydrogen) atoms. The lowest BCUT2D eigenvalue weighted by Crippen LogP contribution is -2.48. The second-order valence-corrected chi connectivity index (χ2v) is 6.92. The van der Waals surface area contributed by atoms with E-state index in [1.165, 1.54) is 0 Å². The molecular formula is C20H26N2O2. The maximum absolute atomic E-state index is 12.4. The van der Waals surface area contributed by atoms with Gasteiger partial charge in [-0.1, -0.05) is 44.2 Å². The fourth-order valence-corrected chi connectivity index (χ4v) is 3.23. The molecule has 1 heterocycles. The zero-order valence-electron chi connectivity index (χ0n) is 14.5. The first-order chi connectivity index (χ1) is 11.6. The molecule has 0 aromatic heterocycles. The molecule has 1 saturated heterocycles. The number of morpholine rings is 1. The molecule has 0 unspecified atom stereocenters. The summed E-state index contributed by atoms with van der Waals surface area (Å²) in [6.07, 6.45) is 0.0712. The summed E-state index contributed by atoms with van der Waals surface area (Å²) in [5, 5.41) is 5.25. The van der Waals surface area contributed by atoms with E-state index in [-0.39, 0.29) is 12.0 Å². The third-order valence-corrected chi connectivity index (χ3v) is 4.35. The van der Waals surface area contributed by atoms with Crippen molar-refractivity contribution in [3.05, 3.63) is 48.0 Å². The van der Waals surface area contributed by atoms with Crippen molar-refractivity contribution in [2.75, 3.05) is 32.8 Å². The average molecular weight is 326 g/mol. The normalized spacial score (nSPS) is 18.9. The third-order valence-electron chi connectivity index (χ3n) is 4.35. The van der Waals surface area contributed by atoms with Crippen molar-refractivity contribution < 1.29 is 9.53 Å². The molecule has 2 aromatic carbocycles. The summed E-state index contributed by atoms with van der Waals surface area (Å²) in [5.41, 5.74) is 0.698. The maximum atomic E-state index is 12.4. The molecule has 4 nitrogen and oxygen atoms in total. The van der Waals surface area contributed by atoms with Gasteiger partial charge in [-0.2, -0.15) is 0 Å². The smallest absolute Gasteiger partial charge is 0.251 e. The fraction of sp³-hybridized carbons (Fsp3) is 0.450. The van der Waals surface area contributed by atoms with Gasteiger partial charge in [-0.05, 0) is 28.8 Å². The van der Waals surface area contributed by atoms with E-state index in [9.17, 15) is 4.79 Å². The van der Waals surface area contributed by atoms with Crippen LogP contribution in [0.5, 0.6) is 0 Å². The van der Waals surface area contributed by atoms with Gasteiger partial charge in [0, 0.05) is 31.7 Å². The molecule has 0 saturated carbocycles. The molecule has 3 rings (SSSR count). The molecule has 0 aliphatic carbocycles. The van der Waals surface area contributed by atoms with Crippen LogP contribution in [-0.4, -0.2) is 49.7 Å². The number of amides is 1. The highest BCUT2D eigenvalue weighted by Crippen LogP contribution is 2.15. The Labute approximate surface area is 143 Å². The molecule has 0 bridgehead atoms. The minimum Gasteiger partial charge on any atom is -0.374 e. The van der Waals surface area contributed by atoms with Gasteiger partial charge in [0.05, 0.1) is 12.7 Å². The topological polar surface area (TPSA) is 41.6 Å². The minimum atomic E-state index is -0.0367. The predicted octanol–water partition coefficient (Wildman–Crippen LogP) is 2.93. The number of hydrogen-bond donors (Lipinski definition) is 1. The van der Waals surface area contributed by atoms with E-state index >= 15 is 0 Å². The average Bonchev–Trinajstić information content (AvgIpc) is 2.59. The van der Waals surface area contributed by atoms with E-state index in [1.54, 1.807) is 0 Å². The Kier molecular flexibility index (Phi) is 5.48. The van der Waals surface area contributed by atoms with Crippen molar-refractivity contribution in [1.82, 2.24) is 10.2 Å². The monoisotopic (exact) mass is 326 g/mol. The van der Waals surface area contributed by atoms with E-state index < -0.39 is 0 Å². The lowest BCUT2D eigenvalue weighted by Gasteiger charge is -2.33. The van der Waals surface area contributed by atoms with Crippen LogP contribution in [0, 0.1) is 5.92 Å². The van der Waals surface area contributed by atoms with Crippen LogP contribution in [0.3, 0.4) is 0 Å². The standard InChI is InChI=1S/C20H26N2O2/c1-15(2)13-22-9-10-24-19(14-22)12-21-20(23)18-8-7-16-5-3-4-6-17(16)11-18/h3-8,11,15,19H,9-10,12-14H2,1-2H3,(H,21,23)/t19-/m1/s1. The first-order valence-corrected chi connectivity index (χ1v) is 8.73. The molecule has 1 aliphatic heterocycles. The number of benzene rings is 2. The SMILES string of the molecule is CC(C)CN1CCO[C@H](CNC(=O)c2ccc3ccccc3c2)C1. The summed E-state index contributed by atoms with van der Waals surface area (Å²) in [4.78, 5) is 14.8. The molecule has 1 fully saturated rings. The van der Waals surface area contributed by atoms with Gasteiger partial charge in [0.1, 0.15) is 0 Å². The van der Waals surface area contributed by atoms with Gasteiger partial charge < -0.3 is 10.1 Å². The summed E-state index contributed by atoms with van der Waals surface area (Å²) in [6, 6.07) is 13.9. The van der Waals surface area contributed by atoms with Crippen LogP contribution in [0.25, 0.3) is 10.8 Å². The number of carbonyl (C=O) groups excluding carboxylic acids is 1. The molecule has 0 spiro atoms. The maximum Gasteiger partial charge on any atom is 0.251 e. The highest BCUT2D eigenvalue weighted by atomic mass is 16.5. The Bertz CT molecular complexity index is 699. The van der Waals surface area contributed by atoms with Crippen molar-refractivity contribution in [2.45, 2.75) is 20.0 Å². The lowest BCUT2D eigenvalue weighted by molar-refractivity contribution is -0.0295. The van der Waals surface area contributed by atoms with E-state index in [0.717, 1.165) is 37.0 Å². The van der Waals surface area contributed by atoms with Crippen LogP contribution in [0.15, 0.2) is 42.5 Å². The Morgan fingerprint density at radius 3 is 2.83 bits per heavy atom. The number of hydrogen-bond acceptors (Lipinski definition) is 3. The summed E-state index contributed by atoms with van der Waals surface area (Å²) in [7, 11) is 0. The minimum absolute atomic E-state index is 0.0367. The van der Waals surface area contributed by atoms with E-state index in [0.29, 0.717) is 18.0 Å². The van der Waals surface area contributed by atoms with Gasteiger partial charge >= 0.3 is 0 Å². The molecule has 2 aromatic rings. The van der Waals surface area contributed by atoms with Gasteiger partial charge in [0.25, 0.3) is 5.91 Å². The summed E-state index contributed by atoms with van der Waals surface area (Å²) >= 11 is 0. The molecule has 1 N–H and O–H groups in total. The van der Waals surface area contributed by atoms with E-state index in [1.807, 2.05) is 36.4 Å². The van der Waals surface area contributed by atoms with E-state index in [2.05, 4.69) is 30.1 Å². The second-order valence-electron chi connectivity index (χ2n) is 6.92. The number of fused-ring (bicyclic) bond motifs is 1. The second kappa shape index (κ2) is 7.77. The Morgan fingerprint density at radius 2 is 2.04 bits per heavy atom. The highest BCUT2D eigenvalue weighted by molar-refractivity contribution is 5.98. The van der Waals surface area contributed by atoms with Gasteiger partial charge in [0.15, 0.2) is 0 Å². The van der Waals surface area contributed by atoms with Crippen molar-refractivity contribution in [2.24, 2.45) is 5.92 Å². The molecule has 0 radical (unpaired) electrons. The first-order valence-electron chi connectivity index (χ1n) is 8.73. The third kappa shape index (κ3) is 4.34. The Morgan fingerprint density at radius 1 is 1.25 bits per heavy atom. The van der Waals surface area contributed by atoms with Gasteiger partial charge in [-0.15, -0.1) is 0 Å². The zero-order chi connectivity index (χ0) is 16.9. The first kappa shape index (κ1) is 16.9. The quantitative estimate of drug-likeness (QED) is 0.918. The largest absolute Gasteiger partial charge is 0.374 e. The predicted molar refractivity (Wildman–Crippen MR) is 97.3 cm³/mol. The number of nitrogens with one attached hydrogen (secondary N) is 1. The molecule has 4 heteroatoms. The van der Waals surface area contributed by atoms with E-state index in [4.69, 9.17) is 4.74 Å². The van der Waals surface area contributed by atoms with Gasteiger partial charge in [0.2, 0.25) is 0 Å². The van der Waals surface area contributed by atoms with Crippen LogP contribution < -0.4 is 5.32 Å². The van der Waals surface area contributed by atoms with Crippen LogP contribution in [0.2, 0.25) is 0 Å². The Hall–Kier alpha value is -1.91. The van der Waals surface area contributed by atoms with Crippen LogP contribution in [-0.2, 0) is 4.74 Å². The number of ether oxygens (including phenoxy) is 1. The van der Waals surface area contributed by atoms with Crippen molar-refractivity contribution >= 4 is 16.7 Å². The summed E-state index contributed by atoms with van der Waals surface area (Å²) in [5.74, 6) is 0.612. The molecule has 1 atom stereocenters. The Balaban J connectivity index is 1.56. The highest BCUT2D eigenvalue weighted by Gasteiger charge is 2.21. The molecular weight excluding hydrogens is 300 g/mol.